The lowest BCUT2D eigenvalue weighted by Crippen LogP contribution is -2.04. The summed E-state index contributed by atoms with van der Waals surface area (Å²) in [7, 11) is 1.34. The molecule has 2 rings (SSSR count). The summed E-state index contributed by atoms with van der Waals surface area (Å²) in [5.41, 5.74) is 7.43. The van der Waals surface area contributed by atoms with Gasteiger partial charge in [-0.15, -0.1) is 11.3 Å². The molecule has 3 nitrogen and oxygen atoms in total. The van der Waals surface area contributed by atoms with Gasteiger partial charge >= 0.3 is 5.97 Å². The molecule has 0 aliphatic rings. The van der Waals surface area contributed by atoms with E-state index in [0.29, 0.717) is 15.6 Å². The number of carbonyl (C=O) groups is 1. The number of ether oxygens (including phenoxy) is 1. The fraction of sp³-hybridized carbons (Fsp3) is 0.0833. The molecule has 0 amide bonds. The lowest BCUT2D eigenvalue weighted by atomic mass is 10.1. The van der Waals surface area contributed by atoms with Crippen molar-refractivity contribution < 1.29 is 9.53 Å². The van der Waals surface area contributed by atoms with E-state index < -0.39 is 5.97 Å². The molecule has 0 aliphatic carbocycles. The minimum atomic E-state index is -0.406. The first kappa shape index (κ1) is 12.0. The molecular weight excluding hydrogens is 258 g/mol. The van der Waals surface area contributed by atoms with Crippen molar-refractivity contribution >= 4 is 34.6 Å². The number of anilines is 1. The average molecular weight is 268 g/mol. The van der Waals surface area contributed by atoms with Crippen LogP contribution in [0, 0.1) is 0 Å². The van der Waals surface area contributed by atoms with Crippen LogP contribution in [0.25, 0.3) is 10.4 Å². The number of thiophene rings is 1. The van der Waals surface area contributed by atoms with Gasteiger partial charge in [-0.2, -0.15) is 0 Å². The van der Waals surface area contributed by atoms with Crippen LogP contribution in [0.15, 0.2) is 30.3 Å². The molecule has 0 fully saturated rings. The number of benzene rings is 1. The van der Waals surface area contributed by atoms with E-state index in [-0.39, 0.29) is 0 Å². The molecule has 5 heteroatoms. The van der Waals surface area contributed by atoms with Gasteiger partial charge in [0.15, 0.2) is 0 Å². The van der Waals surface area contributed by atoms with E-state index in [0.717, 1.165) is 10.4 Å². The van der Waals surface area contributed by atoms with Crippen molar-refractivity contribution in [2.45, 2.75) is 0 Å². The third kappa shape index (κ3) is 2.43. The summed E-state index contributed by atoms with van der Waals surface area (Å²) in [6.45, 7) is 0. The van der Waals surface area contributed by atoms with Gasteiger partial charge in [0.25, 0.3) is 0 Å². The molecule has 0 saturated heterocycles. The van der Waals surface area contributed by atoms with E-state index in [2.05, 4.69) is 0 Å². The smallest absolute Gasteiger partial charge is 0.338 e. The number of carbonyl (C=O) groups excluding carboxylic acids is 1. The van der Waals surface area contributed by atoms with Crippen LogP contribution in [0.4, 0.5) is 5.69 Å². The van der Waals surface area contributed by atoms with Gasteiger partial charge in [-0.3, -0.25) is 0 Å². The normalized spacial score (nSPS) is 10.2. The lowest BCUT2D eigenvalue weighted by molar-refractivity contribution is 0.0601. The Labute approximate surface area is 108 Å². The number of nitrogen functional groups attached to an aromatic ring is 1. The first-order valence-corrected chi connectivity index (χ1v) is 6.05. The number of halogens is 1. The SMILES string of the molecule is COC(=O)c1cc(N)ccc1-c1ccc(Cl)s1. The Bertz CT molecular complexity index is 565. The van der Waals surface area contributed by atoms with E-state index in [1.54, 1.807) is 24.3 Å². The fourth-order valence-electron chi connectivity index (χ4n) is 1.51. The van der Waals surface area contributed by atoms with Gasteiger partial charge in [-0.25, -0.2) is 4.79 Å². The van der Waals surface area contributed by atoms with Crippen LogP contribution in [0.2, 0.25) is 4.34 Å². The standard InChI is InChI=1S/C12H10ClNO2S/c1-16-12(15)9-6-7(14)2-3-8(9)10-4-5-11(13)17-10/h2-6H,14H2,1H3. The molecule has 2 N–H and O–H groups in total. The summed E-state index contributed by atoms with van der Waals surface area (Å²) >= 11 is 7.29. The highest BCUT2D eigenvalue weighted by Crippen LogP contribution is 2.34. The summed E-state index contributed by atoms with van der Waals surface area (Å²) in [6, 6.07) is 8.80. The summed E-state index contributed by atoms with van der Waals surface area (Å²) in [5.74, 6) is -0.406. The van der Waals surface area contributed by atoms with E-state index in [4.69, 9.17) is 22.1 Å². The van der Waals surface area contributed by atoms with Crippen molar-refractivity contribution in [2.75, 3.05) is 12.8 Å². The fourth-order valence-corrected chi connectivity index (χ4v) is 2.60. The molecule has 1 aromatic carbocycles. The molecule has 2 aromatic rings. The van der Waals surface area contributed by atoms with Gasteiger partial charge in [-0.05, 0) is 24.3 Å². The Hall–Kier alpha value is -1.52. The molecule has 88 valence electrons. The van der Waals surface area contributed by atoms with Crippen LogP contribution in [0.3, 0.4) is 0 Å². The first-order chi connectivity index (χ1) is 8.11. The maximum atomic E-state index is 11.7. The molecular formula is C12H10ClNO2S. The number of nitrogens with two attached hydrogens (primary N) is 1. The number of esters is 1. The van der Waals surface area contributed by atoms with Crippen molar-refractivity contribution in [1.29, 1.82) is 0 Å². The second-order valence-electron chi connectivity index (χ2n) is 3.40. The van der Waals surface area contributed by atoms with E-state index in [1.807, 2.05) is 6.07 Å². The zero-order valence-corrected chi connectivity index (χ0v) is 10.6. The first-order valence-electron chi connectivity index (χ1n) is 4.85. The highest BCUT2D eigenvalue weighted by atomic mass is 35.5. The molecule has 0 atom stereocenters. The van der Waals surface area contributed by atoms with Gasteiger partial charge in [-0.1, -0.05) is 17.7 Å². The second-order valence-corrected chi connectivity index (χ2v) is 5.12. The van der Waals surface area contributed by atoms with Crippen molar-refractivity contribution in [2.24, 2.45) is 0 Å². The largest absolute Gasteiger partial charge is 0.465 e. The van der Waals surface area contributed by atoms with Gasteiger partial charge in [0.2, 0.25) is 0 Å². The highest BCUT2D eigenvalue weighted by Gasteiger charge is 2.14. The van der Waals surface area contributed by atoms with Crippen LogP contribution in [-0.4, -0.2) is 13.1 Å². The van der Waals surface area contributed by atoms with Crippen molar-refractivity contribution in [3.05, 3.63) is 40.2 Å². The van der Waals surface area contributed by atoms with Gasteiger partial charge < -0.3 is 10.5 Å². The molecule has 0 spiro atoms. The van der Waals surface area contributed by atoms with Crippen molar-refractivity contribution in [1.82, 2.24) is 0 Å². The third-order valence-corrected chi connectivity index (χ3v) is 3.55. The molecule has 0 unspecified atom stereocenters. The maximum absolute atomic E-state index is 11.7. The third-order valence-electron chi connectivity index (χ3n) is 2.29. The number of hydrogen-bond acceptors (Lipinski definition) is 4. The average Bonchev–Trinajstić information content (AvgIpc) is 2.74. The molecule has 0 saturated carbocycles. The molecule has 0 radical (unpaired) electrons. The van der Waals surface area contributed by atoms with E-state index in [1.165, 1.54) is 18.4 Å². The predicted molar refractivity (Wildman–Crippen MR) is 70.5 cm³/mol. The molecule has 17 heavy (non-hydrogen) atoms. The zero-order chi connectivity index (χ0) is 12.4. The second kappa shape index (κ2) is 4.77. The van der Waals surface area contributed by atoms with Crippen LogP contribution in [0.5, 0.6) is 0 Å². The van der Waals surface area contributed by atoms with Crippen molar-refractivity contribution in [3.8, 4) is 10.4 Å². The van der Waals surface area contributed by atoms with Crippen LogP contribution < -0.4 is 5.73 Å². The van der Waals surface area contributed by atoms with Gasteiger partial charge in [0.1, 0.15) is 0 Å². The minimum Gasteiger partial charge on any atom is -0.465 e. The summed E-state index contributed by atoms with van der Waals surface area (Å²) in [5, 5.41) is 0. The minimum absolute atomic E-state index is 0.406. The lowest BCUT2D eigenvalue weighted by Gasteiger charge is -2.07. The topological polar surface area (TPSA) is 52.3 Å². The monoisotopic (exact) mass is 267 g/mol. The molecule has 1 heterocycles. The number of hydrogen-bond donors (Lipinski definition) is 1. The van der Waals surface area contributed by atoms with Crippen LogP contribution >= 0.6 is 22.9 Å². The summed E-state index contributed by atoms with van der Waals surface area (Å²) in [6.07, 6.45) is 0. The zero-order valence-electron chi connectivity index (χ0n) is 9.07. The highest BCUT2D eigenvalue weighted by molar-refractivity contribution is 7.19. The molecule has 0 aliphatic heterocycles. The predicted octanol–water partition coefficient (Wildman–Crippen LogP) is 3.44. The molecule has 0 bridgehead atoms. The Balaban J connectivity index is 2.57. The quantitative estimate of drug-likeness (QED) is 0.670. The van der Waals surface area contributed by atoms with Crippen LogP contribution in [0.1, 0.15) is 10.4 Å². The van der Waals surface area contributed by atoms with Gasteiger partial charge in [0.05, 0.1) is 17.0 Å². The van der Waals surface area contributed by atoms with Gasteiger partial charge in [0, 0.05) is 16.1 Å². The maximum Gasteiger partial charge on any atom is 0.338 e. The van der Waals surface area contributed by atoms with Crippen LogP contribution in [-0.2, 0) is 4.74 Å². The summed E-state index contributed by atoms with van der Waals surface area (Å²) < 4.78 is 5.41. The Morgan fingerprint density at radius 1 is 1.35 bits per heavy atom. The number of rotatable bonds is 2. The van der Waals surface area contributed by atoms with Crippen molar-refractivity contribution in [3.63, 3.8) is 0 Å². The number of methoxy groups -OCH3 is 1. The summed E-state index contributed by atoms with van der Waals surface area (Å²) in [4.78, 5) is 12.6. The van der Waals surface area contributed by atoms with E-state index in [9.17, 15) is 4.79 Å². The Kier molecular flexibility index (Phi) is 3.36. The Morgan fingerprint density at radius 2 is 2.12 bits per heavy atom. The van der Waals surface area contributed by atoms with E-state index >= 15 is 0 Å². The molecule has 1 aromatic heterocycles. The Morgan fingerprint density at radius 3 is 2.71 bits per heavy atom.